The molecular formula is C15H20N4O. The van der Waals surface area contributed by atoms with E-state index in [2.05, 4.69) is 17.4 Å². The Hall–Kier alpha value is -1.69. The summed E-state index contributed by atoms with van der Waals surface area (Å²) in [6.45, 7) is 2.83. The monoisotopic (exact) mass is 272 g/mol. The fourth-order valence-electron chi connectivity index (χ4n) is 2.88. The zero-order chi connectivity index (χ0) is 13.9. The van der Waals surface area contributed by atoms with Crippen LogP contribution in [0.25, 0.3) is 5.69 Å². The van der Waals surface area contributed by atoms with Crippen LogP contribution in [-0.2, 0) is 4.74 Å². The number of para-hydroxylation sites is 1. The predicted molar refractivity (Wildman–Crippen MR) is 77.1 cm³/mol. The van der Waals surface area contributed by atoms with Gasteiger partial charge in [-0.15, -0.1) is 0 Å². The van der Waals surface area contributed by atoms with Crippen LogP contribution in [0.1, 0.15) is 25.1 Å². The Labute approximate surface area is 118 Å². The first-order valence-electron chi connectivity index (χ1n) is 6.96. The van der Waals surface area contributed by atoms with Crippen molar-refractivity contribution in [1.82, 2.24) is 15.2 Å². The molecule has 0 aliphatic carbocycles. The van der Waals surface area contributed by atoms with E-state index in [4.69, 9.17) is 10.6 Å². The van der Waals surface area contributed by atoms with Gasteiger partial charge in [0.1, 0.15) is 0 Å². The lowest BCUT2D eigenvalue weighted by molar-refractivity contribution is 0.116. The maximum Gasteiger partial charge on any atom is 0.0684 e. The Bertz CT molecular complexity index is 554. The normalized spacial score (nSPS) is 23.9. The van der Waals surface area contributed by atoms with Gasteiger partial charge in [-0.3, -0.25) is 11.3 Å². The van der Waals surface area contributed by atoms with E-state index in [1.807, 2.05) is 47.3 Å². The first-order chi connectivity index (χ1) is 9.79. The molecule has 1 fully saturated rings. The Kier molecular flexibility index (Phi) is 3.82. The number of hydrazine groups is 1. The van der Waals surface area contributed by atoms with Crippen LogP contribution in [0.3, 0.4) is 0 Å². The molecule has 1 aromatic carbocycles. The van der Waals surface area contributed by atoms with Crippen LogP contribution in [0.5, 0.6) is 0 Å². The van der Waals surface area contributed by atoms with Gasteiger partial charge >= 0.3 is 0 Å². The largest absolute Gasteiger partial charge is 0.378 e. The minimum atomic E-state index is 0.0441. The molecule has 2 heterocycles. The highest BCUT2D eigenvalue weighted by molar-refractivity contribution is 5.33. The van der Waals surface area contributed by atoms with E-state index in [0.29, 0.717) is 12.0 Å². The summed E-state index contributed by atoms with van der Waals surface area (Å²) in [5.41, 5.74) is 5.05. The van der Waals surface area contributed by atoms with Gasteiger partial charge in [-0.1, -0.05) is 18.2 Å². The second-order valence-corrected chi connectivity index (χ2v) is 5.29. The third-order valence-corrected chi connectivity index (χ3v) is 3.87. The summed E-state index contributed by atoms with van der Waals surface area (Å²) in [5.74, 6) is 6.16. The zero-order valence-electron chi connectivity index (χ0n) is 11.6. The molecule has 1 aromatic heterocycles. The number of benzene rings is 1. The highest BCUT2D eigenvalue weighted by Crippen LogP contribution is 2.31. The van der Waals surface area contributed by atoms with Crippen molar-refractivity contribution < 1.29 is 4.74 Å². The van der Waals surface area contributed by atoms with E-state index in [-0.39, 0.29) is 6.04 Å². The quantitative estimate of drug-likeness (QED) is 0.658. The maximum atomic E-state index is 5.79. The lowest BCUT2D eigenvalue weighted by Gasteiger charge is -2.22. The number of nitrogens with two attached hydrogens (primary N) is 1. The van der Waals surface area contributed by atoms with Crippen molar-refractivity contribution in [2.75, 3.05) is 6.61 Å². The van der Waals surface area contributed by atoms with Gasteiger partial charge in [0.2, 0.25) is 0 Å². The lowest BCUT2D eigenvalue weighted by atomic mass is 9.95. The molecule has 2 aromatic rings. The van der Waals surface area contributed by atoms with Crippen LogP contribution in [0.15, 0.2) is 42.6 Å². The molecule has 1 aliphatic rings. The van der Waals surface area contributed by atoms with Crippen LogP contribution in [0, 0.1) is 5.92 Å². The van der Waals surface area contributed by atoms with Crippen LogP contribution in [0.2, 0.25) is 0 Å². The number of hydrogen-bond acceptors (Lipinski definition) is 4. The summed E-state index contributed by atoms with van der Waals surface area (Å²) in [6, 6.07) is 12.1. The fraction of sp³-hybridized carbons (Fsp3) is 0.400. The van der Waals surface area contributed by atoms with E-state index in [9.17, 15) is 0 Å². The molecule has 106 valence electrons. The first-order valence-corrected chi connectivity index (χ1v) is 6.96. The minimum absolute atomic E-state index is 0.0441. The maximum absolute atomic E-state index is 5.79. The Morgan fingerprint density at radius 1 is 1.35 bits per heavy atom. The van der Waals surface area contributed by atoms with Crippen molar-refractivity contribution in [3.05, 3.63) is 48.3 Å². The standard InChI is InChI=1S/C15H20N4O/c1-11-9-12(10-20-11)15(18-16)14-7-8-17-19(14)13-5-3-2-4-6-13/h2-8,11-12,15,18H,9-10,16H2,1H3. The molecule has 20 heavy (non-hydrogen) atoms. The summed E-state index contributed by atoms with van der Waals surface area (Å²) in [7, 11) is 0. The Morgan fingerprint density at radius 2 is 2.15 bits per heavy atom. The van der Waals surface area contributed by atoms with Crippen LogP contribution in [0.4, 0.5) is 0 Å². The van der Waals surface area contributed by atoms with E-state index >= 15 is 0 Å². The molecule has 0 spiro atoms. The minimum Gasteiger partial charge on any atom is -0.378 e. The highest BCUT2D eigenvalue weighted by Gasteiger charge is 2.32. The van der Waals surface area contributed by atoms with Crippen molar-refractivity contribution in [2.45, 2.75) is 25.5 Å². The fourth-order valence-corrected chi connectivity index (χ4v) is 2.88. The smallest absolute Gasteiger partial charge is 0.0684 e. The molecule has 3 atom stereocenters. The number of ether oxygens (including phenoxy) is 1. The highest BCUT2D eigenvalue weighted by atomic mass is 16.5. The average molecular weight is 272 g/mol. The molecule has 0 bridgehead atoms. The van der Waals surface area contributed by atoms with Gasteiger partial charge in [-0.2, -0.15) is 5.10 Å². The van der Waals surface area contributed by atoms with Gasteiger partial charge in [0.05, 0.1) is 30.1 Å². The molecule has 0 radical (unpaired) electrons. The lowest BCUT2D eigenvalue weighted by Crippen LogP contribution is -2.35. The number of aromatic nitrogens is 2. The molecule has 1 aliphatic heterocycles. The molecular weight excluding hydrogens is 252 g/mol. The summed E-state index contributed by atoms with van der Waals surface area (Å²) in [6.07, 6.45) is 3.12. The Balaban J connectivity index is 1.91. The van der Waals surface area contributed by atoms with Gasteiger partial charge < -0.3 is 4.74 Å². The molecule has 3 N–H and O–H groups in total. The second-order valence-electron chi connectivity index (χ2n) is 5.29. The topological polar surface area (TPSA) is 65.1 Å². The van der Waals surface area contributed by atoms with Crippen LogP contribution >= 0.6 is 0 Å². The summed E-state index contributed by atoms with van der Waals surface area (Å²) in [4.78, 5) is 0. The first kappa shape index (κ1) is 13.3. The van der Waals surface area contributed by atoms with Gasteiger partial charge in [0, 0.05) is 12.1 Å². The number of nitrogens with zero attached hydrogens (tertiary/aromatic N) is 2. The molecule has 5 nitrogen and oxygen atoms in total. The van der Waals surface area contributed by atoms with E-state index < -0.39 is 0 Å². The number of hydrogen-bond donors (Lipinski definition) is 2. The zero-order valence-corrected chi connectivity index (χ0v) is 11.6. The van der Waals surface area contributed by atoms with E-state index in [0.717, 1.165) is 24.4 Å². The third kappa shape index (κ3) is 2.47. The van der Waals surface area contributed by atoms with Crippen LogP contribution in [-0.4, -0.2) is 22.5 Å². The predicted octanol–water partition coefficient (Wildman–Crippen LogP) is 1.80. The molecule has 3 rings (SSSR count). The third-order valence-electron chi connectivity index (χ3n) is 3.87. The molecule has 5 heteroatoms. The van der Waals surface area contributed by atoms with Gasteiger partial charge in [0.15, 0.2) is 0 Å². The van der Waals surface area contributed by atoms with Crippen molar-refractivity contribution in [1.29, 1.82) is 0 Å². The SMILES string of the molecule is CC1CC(C(NN)c2ccnn2-c2ccccc2)CO1. The van der Waals surface area contributed by atoms with Crippen molar-refractivity contribution in [3.8, 4) is 5.69 Å². The molecule has 0 saturated carbocycles. The van der Waals surface area contributed by atoms with Crippen molar-refractivity contribution in [3.63, 3.8) is 0 Å². The van der Waals surface area contributed by atoms with E-state index in [1.54, 1.807) is 0 Å². The summed E-state index contributed by atoms with van der Waals surface area (Å²) >= 11 is 0. The van der Waals surface area contributed by atoms with Crippen molar-refractivity contribution in [2.24, 2.45) is 11.8 Å². The number of rotatable bonds is 4. The van der Waals surface area contributed by atoms with Crippen molar-refractivity contribution >= 4 is 0 Å². The molecule has 1 saturated heterocycles. The van der Waals surface area contributed by atoms with Gasteiger partial charge in [0.25, 0.3) is 0 Å². The molecule has 0 amide bonds. The Morgan fingerprint density at radius 3 is 2.80 bits per heavy atom. The average Bonchev–Trinajstić information content (AvgIpc) is 3.11. The van der Waals surface area contributed by atoms with Gasteiger partial charge in [-0.05, 0) is 31.5 Å². The number of nitrogens with one attached hydrogen (secondary N) is 1. The van der Waals surface area contributed by atoms with Gasteiger partial charge in [-0.25, -0.2) is 4.68 Å². The second kappa shape index (κ2) is 5.75. The summed E-state index contributed by atoms with van der Waals surface area (Å²) < 4.78 is 7.60. The van der Waals surface area contributed by atoms with E-state index in [1.165, 1.54) is 0 Å². The van der Waals surface area contributed by atoms with Crippen LogP contribution < -0.4 is 11.3 Å². The summed E-state index contributed by atoms with van der Waals surface area (Å²) in [5, 5.41) is 4.43. The molecule has 3 unspecified atom stereocenters.